The Bertz CT molecular complexity index is 611. The van der Waals surface area contributed by atoms with Gasteiger partial charge in [-0.3, -0.25) is 20.0 Å². The molecule has 0 aliphatic carbocycles. The molecule has 1 aromatic carbocycles. The highest BCUT2D eigenvalue weighted by Gasteiger charge is 2.17. The summed E-state index contributed by atoms with van der Waals surface area (Å²) in [5, 5.41) is 19.9. The fraction of sp³-hybridized carbons (Fsp3) is 0.250. The molecule has 0 fully saturated rings. The van der Waals surface area contributed by atoms with Crippen LogP contribution >= 0.6 is 0 Å². The van der Waals surface area contributed by atoms with Gasteiger partial charge in [-0.25, -0.2) is 4.98 Å². The van der Waals surface area contributed by atoms with Crippen LogP contribution in [0.5, 0.6) is 0 Å². The van der Waals surface area contributed by atoms with Gasteiger partial charge < -0.3 is 5.32 Å². The molecule has 20 heavy (non-hydrogen) atoms. The number of aromatic amines is 1. The van der Waals surface area contributed by atoms with Crippen LogP contribution in [0.15, 0.2) is 30.6 Å². The monoisotopic (exact) mass is 275 g/mol. The van der Waals surface area contributed by atoms with E-state index in [0.29, 0.717) is 11.4 Å². The van der Waals surface area contributed by atoms with E-state index in [1.807, 2.05) is 0 Å². The molecule has 1 heterocycles. The summed E-state index contributed by atoms with van der Waals surface area (Å²) < 4.78 is 0. The van der Waals surface area contributed by atoms with Gasteiger partial charge in [-0.05, 0) is 6.92 Å². The molecular weight excluding hydrogens is 262 g/mol. The summed E-state index contributed by atoms with van der Waals surface area (Å²) in [5.41, 5.74) is 0.315. The molecule has 1 aromatic heterocycles. The molecule has 2 rings (SSSR count). The van der Waals surface area contributed by atoms with Gasteiger partial charge in [-0.2, -0.15) is 5.10 Å². The lowest BCUT2D eigenvalue weighted by Crippen LogP contribution is -2.29. The van der Waals surface area contributed by atoms with Gasteiger partial charge in [0, 0.05) is 11.6 Å². The van der Waals surface area contributed by atoms with Crippen molar-refractivity contribution in [1.82, 2.24) is 20.5 Å². The number of H-pyrrole nitrogens is 1. The van der Waals surface area contributed by atoms with Crippen LogP contribution < -0.4 is 5.32 Å². The third kappa shape index (κ3) is 3.16. The van der Waals surface area contributed by atoms with E-state index >= 15 is 0 Å². The average molecular weight is 275 g/mol. The third-order valence-corrected chi connectivity index (χ3v) is 2.76. The zero-order chi connectivity index (χ0) is 14.5. The van der Waals surface area contributed by atoms with E-state index in [2.05, 4.69) is 20.5 Å². The molecule has 104 valence electrons. The van der Waals surface area contributed by atoms with Crippen molar-refractivity contribution < 1.29 is 9.72 Å². The Morgan fingerprint density at radius 1 is 1.50 bits per heavy atom. The fourth-order valence-corrected chi connectivity index (χ4v) is 1.80. The molecule has 8 heteroatoms. The van der Waals surface area contributed by atoms with Crippen molar-refractivity contribution in [2.75, 3.05) is 0 Å². The Hall–Kier alpha value is -2.77. The molecule has 0 aliphatic heterocycles. The van der Waals surface area contributed by atoms with Crippen molar-refractivity contribution in [3.05, 3.63) is 52.1 Å². The highest BCUT2D eigenvalue weighted by atomic mass is 16.6. The average Bonchev–Trinajstić information content (AvgIpc) is 2.92. The van der Waals surface area contributed by atoms with Crippen LogP contribution in [0, 0.1) is 10.1 Å². The summed E-state index contributed by atoms with van der Waals surface area (Å²) in [6.45, 7) is 1.75. The lowest BCUT2D eigenvalue weighted by atomic mass is 10.1. The topological polar surface area (TPSA) is 114 Å². The summed E-state index contributed by atoms with van der Waals surface area (Å²) in [4.78, 5) is 26.2. The summed E-state index contributed by atoms with van der Waals surface area (Å²) in [7, 11) is 0. The number of nitro benzene ring substituents is 1. The molecule has 1 amide bonds. The lowest BCUT2D eigenvalue weighted by molar-refractivity contribution is -0.385. The standard InChI is InChI=1S/C12H13N5O3/c1-8(12-13-7-14-16-12)15-11(18)6-9-4-2-3-5-10(9)17(19)20/h2-5,7-8H,6H2,1H3,(H,15,18)(H,13,14,16). The molecule has 1 atom stereocenters. The molecule has 0 aliphatic rings. The van der Waals surface area contributed by atoms with Gasteiger partial charge in [-0.1, -0.05) is 18.2 Å². The number of aromatic nitrogens is 3. The zero-order valence-corrected chi connectivity index (χ0v) is 10.7. The Kier molecular flexibility index (Phi) is 4.04. The van der Waals surface area contributed by atoms with Crippen molar-refractivity contribution in [2.45, 2.75) is 19.4 Å². The molecule has 0 radical (unpaired) electrons. The maximum Gasteiger partial charge on any atom is 0.273 e. The largest absolute Gasteiger partial charge is 0.346 e. The molecule has 0 saturated heterocycles. The van der Waals surface area contributed by atoms with Gasteiger partial charge in [0.05, 0.1) is 17.4 Å². The SMILES string of the molecule is CC(NC(=O)Cc1ccccc1[N+](=O)[O-])c1ncn[nH]1. The maximum absolute atomic E-state index is 11.9. The predicted octanol–water partition coefficient (Wildman–Crippen LogP) is 1.13. The number of rotatable bonds is 5. The van der Waals surface area contributed by atoms with Crippen LogP contribution in [0.25, 0.3) is 0 Å². The number of nitrogens with one attached hydrogen (secondary N) is 2. The van der Waals surface area contributed by atoms with Gasteiger partial charge in [0.15, 0.2) is 0 Å². The number of hydrogen-bond acceptors (Lipinski definition) is 5. The second-order valence-electron chi connectivity index (χ2n) is 4.22. The van der Waals surface area contributed by atoms with Crippen LogP contribution in [0.2, 0.25) is 0 Å². The number of nitrogens with zero attached hydrogens (tertiary/aromatic N) is 3. The van der Waals surface area contributed by atoms with Crippen LogP contribution in [0.3, 0.4) is 0 Å². The predicted molar refractivity (Wildman–Crippen MR) is 69.7 cm³/mol. The quantitative estimate of drug-likeness (QED) is 0.627. The number of carbonyl (C=O) groups is 1. The maximum atomic E-state index is 11.9. The van der Waals surface area contributed by atoms with Gasteiger partial charge >= 0.3 is 0 Å². The molecular formula is C12H13N5O3. The minimum absolute atomic E-state index is 0.0599. The number of nitro groups is 1. The van der Waals surface area contributed by atoms with E-state index in [1.54, 1.807) is 25.1 Å². The summed E-state index contributed by atoms with van der Waals surface area (Å²) in [6, 6.07) is 5.83. The zero-order valence-electron chi connectivity index (χ0n) is 10.7. The van der Waals surface area contributed by atoms with E-state index in [9.17, 15) is 14.9 Å². The minimum atomic E-state index is -0.498. The smallest absolute Gasteiger partial charge is 0.273 e. The Balaban J connectivity index is 2.03. The van der Waals surface area contributed by atoms with Crippen LogP contribution in [0.4, 0.5) is 5.69 Å². The first-order valence-corrected chi connectivity index (χ1v) is 5.95. The number of carbonyl (C=O) groups excluding carboxylic acids is 1. The van der Waals surface area contributed by atoms with Crippen molar-refractivity contribution in [2.24, 2.45) is 0 Å². The van der Waals surface area contributed by atoms with E-state index in [0.717, 1.165) is 0 Å². The number of amides is 1. The molecule has 8 nitrogen and oxygen atoms in total. The van der Waals surface area contributed by atoms with Gasteiger partial charge in [0.25, 0.3) is 5.69 Å². The Morgan fingerprint density at radius 2 is 2.25 bits per heavy atom. The molecule has 1 unspecified atom stereocenters. The Morgan fingerprint density at radius 3 is 2.90 bits per heavy atom. The van der Waals surface area contributed by atoms with Crippen molar-refractivity contribution in [3.8, 4) is 0 Å². The second-order valence-corrected chi connectivity index (χ2v) is 4.22. The number of para-hydroxylation sites is 1. The van der Waals surface area contributed by atoms with Gasteiger partial charge in [-0.15, -0.1) is 0 Å². The number of hydrogen-bond donors (Lipinski definition) is 2. The molecule has 0 spiro atoms. The van der Waals surface area contributed by atoms with Crippen LogP contribution in [-0.4, -0.2) is 26.0 Å². The van der Waals surface area contributed by atoms with E-state index < -0.39 is 4.92 Å². The summed E-state index contributed by atoms with van der Waals surface area (Å²) in [5.74, 6) is 0.212. The summed E-state index contributed by atoms with van der Waals surface area (Å²) >= 11 is 0. The minimum Gasteiger partial charge on any atom is -0.346 e. The summed E-state index contributed by atoms with van der Waals surface area (Å²) in [6.07, 6.45) is 1.29. The first kappa shape index (κ1) is 13.7. The lowest BCUT2D eigenvalue weighted by Gasteiger charge is -2.11. The molecule has 2 N–H and O–H groups in total. The van der Waals surface area contributed by atoms with Crippen molar-refractivity contribution in [1.29, 1.82) is 0 Å². The van der Waals surface area contributed by atoms with E-state index in [-0.39, 0.29) is 24.1 Å². The van der Waals surface area contributed by atoms with Crippen molar-refractivity contribution >= 4 is 11.6 Å². The highest BCUT2D eigenvalue weighted by Crippen LogP contribution is 2.18. The van der Waals surface area contributed by atoms with E-state index in [4.69, 9.17) is 0 Å². The van der Waals surface area contributed by atoms with Crippen LogP contribution in [-0.2, 0) is 11.2 Å². The Labute approximate surface area is 114 Å². The van der Waals surface area contributed by atoms with Crippen molar-refractivity contribution in [3.63, 3.8) is 0 Å². The first-order valence-electron chi connectivity index (χ1n) is 5.95. The first-order chi connectivity index (χ1) is 9.58. The second kappa shape index (κ2) is 5.91. The van der Waals surface area contributed by atoms with E-state index in [1.165, 1.54) is 12.4 Å². The molecule has 0 bridgehead atoms. The third-order valence-electron chi connectivity index (χ3n) is 2.76. The molecule has 0 saturated carbocycles. The number of benzene rings is 1. The fourth-order valence-electron chi connectivity index (χ4n) is 1.80. The van der Waals surface area contributed by atoms with Gasteiger partial charge in [0.2, 0.25) is 5.91 Å². The van der Waals surface area contributed by atoms with Gasteiger partial charge in [0.1, 0.15) is 12.2 Å². The highest BCUT2D eigenvalue weighted by molar-refractivity contribution is 5.80. The van der Waals surface area contributed by atoms with Crippen LogP contribution in [0.1, 0.15) is 24.4 Å². The molecule has 2 aromatic rings. The normalized spacial score (nSPS) is 11.8.